The molecule has 2 N–H and O–H groups in total. The van der Waals surface area contributed by atoms with Gasteiger partial charge >= 0.3 is 5.97 Å². The lowest BCUT2D eigenvalue weighted by Gasteiger charge is -2.34. The van der Waals surface area contributed by atoms with Crippen LogP contribution < -0.4 is 15.9 Å². The van der Waals surface area contributed by atoms with Crippen molar-refractivity contribution in [3.8, 4) is 0 Å². The number of thioether (sulfide) groups is 1. The standard InChI is InChI=1S/C20H16N4O3S/c1-2-11-28-20-22-18(25)16-14-5-3-4-6-15(14)21-17(24(16)23-20)12-7-9-13(10-8-12)19(26)27/h2-10,17H,1,11H2,(H,26,27)(H,22,23,25). The summed E-state index contributed by atoms with van der Waals surface area (Å²) in [5, 5.41) is 20.0. The number of hydrazone groups is 1. The number of nitrogens with one attached hydrogen (secondary N) is 1. The van der Waals surface area contributed by atoms with Crippen molar-refractivity contribution in [2.75, 3.05) is 5.75 Å². The third kappa shape index (κ3) is 3.18. The van der Waals surface area contributed by atoms with Crippen LogP contribution in [0.25, 0.3) is 5.70 Å². The lowest BCUT2D eigenvalue weighted by Crippen LogP contribution is -2.50. The van der Waals surface area contributed by atoms with Crippen molar-refractivity contribution in [2.24, 2.45) is 10.1 Å². The van der Waals surface area contributed by atoms with Gasteiger partial charge in [0, 0.05) is 11.0 Å². The van der Waals surface area contributed by atoms with E-state index in [1.54, 1.807) is 23.2 Å². The number of nitrogens with zero attached hydrogens (tertiary/aromatic N) is 3. The van der Waals surface area contributed by atoms with E-state index in [1.807, 2.05) is 24.3 Å². The Bertz CT molecular complexity index is 1120. The van der Waals surface area contributed by atoms with Crippen molar-refractivity contribution in [3.63, 3.8) is 0 Å². The van der Waals surface area contributed by atoms with Crippen LogP contribution in [0.15, 0.2) is 71.3 Å². The Balaban J connectivity index is 1.86. The van der Waals surface area contributed by atoms with Gasteiger partial charge in [-0.3, -0.25) is 15.1 Å². The Morgan fingerprint density at radius 3 is 2.71 bits per heavy atom. The van der Waals surface area contributed by atoms with E-state index in [1.165, 1.54) is 23.9 Å². The van der Waals surface area contributed by atoms with Crippen LogP contribution in [0.2, 0.25) is 0 Å². The second-order valence-electron chi connectivity index (χ2n) is 6.10. The number of carbonyl (C=O) groups is 2. The van der Waals surface area contributed by atoms with Crippen LogP contribution in [0.3, 0.4) is 0 Å². The largest absolute Gasteiger partial charge is 0.478 e. The van der Waals surface area contributed by atoms with Crippen LogP contribution in [0.5, 0.6) is 0 Å². The van der Waals surface area contributed by atoms with Gasteiger partial charge in [0.05, 0.1) is 10.9 Å². The smallest absolute Gasteiger partial charge is 0.335 e. The van der Waals surface area contributed by atoms with Crippen molar-refractivity contribution in [1.82, 2.24) is 10.3 Å². The monoisotopic (exact) mass is 392 g/mol. The molecule has 0 aliphatic carbocycles. The Labute approximate surface area is 164 Å². The molecule has 2 aliphatic rings. The number of carbonyl (C=O) groups excluding carboxylic acids is 1. The third-order valence-corrected chi connectivity index (χ3v) is 5.17. The Morgan fingerprint density at radius 2 is 2.00 bits per heavy atom. The summed E-state index contributed by atoms with van der Waals surface area (Å²) < 4.78 is 0. The summed E-state index contributed by atoms with van der Waals surface area (Å²) in [5.74, 6) is -0.646. The highest BCUT2D eigenvalue weighted by molar-refractivity contribution is 8.14. The van der Waals surface area contributed by atoms with Gasteiger partial charge in [-0.2, -0.15) is 0 Å². The van der Waals surface area contributed by atoms with Crippen LogP contribution in [0.1, 0.15) is 22.1 Å². The van der Waals surface area contributed by atoms with Gasteiger partial charge in [-0.15, -0.1) is 11.7 Å². The van der Waals surface area contributed by atoms with Crippen LogP contribution in [0.4, 0.5) is 0 Å². The molecular formula is C20H16N4O3S. The Morgan fingerprint density at radius 1 is 1.25 bits per heavy atom. The minimum atomic E-state index is -0.997. The van der Waals surface area contributed by atoms with Gasteiger partial charge in [0.2, 0.25) is 0 Å². The Hall–Kier alpha value is -3.39. The van der Waals surface area contributed by atoms with Crippen LogP contribution >= 0.6 is 11.8 Å². The van der Waals surface area contributed by atoms with Crippen LogP contribution in [-0.2, 0) is 4.79 Å². The predicted molar refractivity (Wildman–Crippen MR) is 107 cm³/mol. The number of hydrogen-bond acceptors (Lipinski definition) is 6. The molecule has 4 rings (SSSR count). The van der Waals surface area contributed by atoms with E-state index in [9.17, 15) is 9.59 Å². The van der Waals surface area contributed by atoms with Gasteiger partial charge in [0.25, 0.3) is 5.91 Å². The predicted octanol–water partition coefficient (Wildman–Crippen LogP) is 1.45. The van der Waals surface area contributed by atoms with Gasteiger partial charge in [-0.05, 0) is 23.8 Å². The molecule has 8 heteroatoms. The summed E-state index contributed by atoms with van der Waals surface area (Å²) in [7, 11) is 0. The average molecular weight is 392 g/mol. The number of carboxylic acid groups (broad SMARTS) is 1. The molecule has 1 amide bonds. The molecule has 140 valence electrons. The van der Waals surface area contributed by atoms with Gasteiger partial charge < -0.3 is 5.11 Å². The molecule has 2 heterocycles. The number of rotatable bonds is 4. The molecule has 1 unspecified atom stereocenters. The molecule has 0 fully saturated rings. The third-order valence-electron chi connectivity index (χ3n) is 4.31. The highest BCUT2D eigenvalue weighted by atomic mass is 32.2. The lowest BCUT2D eigenvalue weighted by molar-refractivity contribution is -0.116. The highest BCUT2D eigenvalue weighted by Crippen LogP contribution is 2.30. The molecule has 1 atom stereocenters. The summed E-state index contributed by atoms with van der Waals surface area (Å²) in [4.78, 5) is 28.8. The first kappa shape index (κ1) is 18.0. The number of hydrogen-bond donors (Lipinski definition) is 2. The van der Waals surface area contributed by atoms with Crippen molar-refractivity contribution >= 4 is 34.5 Å². The molecule has 0 saturated heterocycles. The molecule has 2 aliphatic heterocycles. The molecule has 28 heavy (non-hydrogen) atoms. The molecular weight excluding hydrogens is 376 g/mol. The molecule has 0 aromatic heterocycles. The fraction of sp³-hybridized carbons (Fsp3) is 0.100. The van der Waals surface area contributed by atoms with E-state index >= 15 is 0 Å². The topological polar surface area (TPSA) is 94.4 Å². The zero-order valence-electron chi connectivity index (χ0n) is 14.7. The number of para-hydroxylation sites is 1. The summed E-state index contributed by atoms with van der Waals surface area (Å²) in [6.45, 7) is 3.69. The highest BCUT2D eigenvalue weighted by Gasteiger charge is 2.34. The minimum Gasteiger partial charge on any atom is -0.478 e. The number of amides is 1. The SMILES string of the molecule is C=CCSC1=NN2C(=c3ccccc3=NC2c2ccc(C(=O)O)cc2)C(=O)N1. The molecule has 2 aromatic carbocycles. The molecule has 7 nitrogen and oxygen atoms in total. The first-order valence-corrected chi connectivity index (χ1v) is 9.50. The maximum absolute atomic E-state index is 12.9. The zero-order chi connectivity index (χ0) is 19.7. The minimum absolute atomic E-state index is 0.186. The van der Waals surface area contributed by atoms with Gasteiger partial charge in [-0.1, -0.05) is 48.2 Å². The number of benzene rings is 2. The quantitative estimate of drug-likeness (QED) is 0.768. The van der Waals surface area contributed by atoms with Crippen molar-refractivity contribution < 1.29 is 14.7 Å². The molecule has 2 aromatic rings. The summed E-state index contributed by atoms with van der Waals surface area (Å²) in [6.07, 6.45) is 1.16. The van der Waals surface area contributed by atoms with E-state index in [0.717, 1.165) is 5.56 Å². The lowest BCUT2D eigenvalue weighted by atomic mass is 10.1. The summed E-state index contributed by atoms with van der Waals surface area (Å²) in [6, 6.07) is 13.8. The first-order valence-electron chi connectivity index (χ1n) is 8.52. The molecule has 0 spiro atoms. The van der Waals surface area contributed by atoms with E-state index < -0.39 is 12.1 Å². The number of fused-ring (bicyclic) bond motifs is 2. The van der Waals surface area contributed by atoms with Crippen LogP contribution in [0, 0.1) is 0 Å². The summed E-state index contributed by atoms with van der Waals surface area (Å²) >= 11 is 1.37. The van der Waals surface area contributed by atoms with Gasteiger partial charge in [-0.25, -0.2) is 9.80 Å². The van der Waals surface area contributed by atoms with Gasteiger partial charge in [0.1, 0.15) is 5.70 Å². The zero-order valence-corrected chi connectivity index (χ0v) is 15.5. The van der Waals surface area contributed by atoms with E-state index in [4.69, 9.17) is 10.1 Å². The number of aromatic carboxylic acids is 1. The van der Waals surface area contributed by atoms with Crippen molar-refractivity contribution in [1.29, 1.82) is 0 Å². The van der Waals surface area contributed by atoms with E-state index in [-0.39, 0.29) is 11.5 Å². The fourth-order valence-corrected chi connectivity index (χ4v) is 3.63. The first-order chi connectivity index (χ1) is 13.6. The van der Waals surface area contributed by atoms with Gasteiger partial charge in [0.15, 0.2) is 11.3 Å². The second-order valence-corrected chi connectivity index (χ2v) is 7.11. The summed E-state index contributed by atoms with van der Waals surface area (Å²) in [5.41, 5.74) is 1.34. The normalized spacial score (nSPS) is 17.6. The Kier molecular flexibility index (Phi) is 4.70. The fourth-order valence-electron chi connectivity index (χ4n) is 3.05. The number of amidine groups is 1. The molecule has 0 radical (unpaired) electrons. The van der Waals surface area contributed by atoms with Crippen LogP contribution in [-0.4, -0.2) is 32.9 Å². The molecule has 0 saturated carbocycles. The molecule has 0 bridgehead atoms. The van der Waals surface area contributed by atoms with Crippen molar-refractivity contribution in [3.05, 3.63) is 82.9 Å². The maximum atomic E-state index is 12.9. The van der Waals surface area contributed by atoms with E-state index in [2.05, 4.69) is 17.0 Å². The number of carboxylic acids is 1. The second kappa shape index (κ2) is 7.32. The average Bonchev–Trinajstić information content (AvgIpc) is 2.71. The van der Waals surface area contributed by atoms with E-state index in [0.29, 0.717) is 27.2 Å². The maximum Gasteiger partial charge on any atom is 0.335 e. The van der Waals surface area contributed by atoms with Crippen molar-refractivity contribution in [2.45, 2.75) is 6.17 Å².